The van der Waals surface area contributed by atoms with Gasteiger partial charge in [0.05, 0.1) is 12.6 Å². The Labute approximate surface area is 89.9 Å². The molecular formula is C13H15NO. The van der Waals surface area contributed by atoms with Gasteiger partial charge in [-0.25, -0.2) is 0 Å². The number of hydrogen-bond acceptors (Lipinski definition) is 2. The van der Waals surface area contributed by atoms with E-state index in [2.05, 4.69) is 30.1 Å². The highest BCUT2D eigenvalue weighted by Crippen LogP contribution is 2.25. The fourth-order valence-electron chi connectivity index (χ4n) is 1.80. The van der Waals surface area contributed by atoms with E-state index < -0.39 is 0 Å². The predicted molar refractivity (Wildman–Crippen MR) is 62.3 cm³/mol. The molecule has 15 heavy (non-hydrogen) atoms. The van der Waals surface area contributed by atoms with E-state index in [0.717, 1.165) is 29.5 Å². The van der Waals surface area contributed by atoms with Gasteiger partial charge in [-0.1, -0.05) is 19.4 Å². The van der Waals surface area contributed by atoms with Crippen LogP contribution < -0.4 is 4.74 Å². The SMILES string of the molecule is CCCc1cc2ncccc2cc1OC. The molecule has 0 spiro atoms. The van der Waals surface area contributed by atoms with E-state index in [0.29, 0.717) is 0 Å². The minimum atomic E-state index is 0.970. The first-order valence-electron chi connectivity index (χ1n) is 5.26. The summed E-state index contributed by atoms with van der Waals surface area (Å²) < 4.78 is 5.38. The molecule has 0 saturated heterocycles. The van der Waals surface area contributed by atoms with Gasteiger partial charge in [0, 0.05) is 11.6 Å². The van der Waals surface area contributed by atoms with Crippen LogP contribution in [0.1, 0.15) is 18.9 Å². The molecule has 2 nitrogen and oxygen atoms in total. The molecule has 0 unspecified atom stereocenters. The number of benzene rings is 1. The van der Waals surface area contributed by atoms with Crippen LogP contribution in [-0.2, 0) is 6.42 Å². The monoisotopic (exact) mass is 201 g/mol. The molecule has 0 N–H and O–H groups in total. The zero-order valence-corrected chi connectivity index (χ0v) is 9.16. The summed E-state index contributed by atoms with van der Waals surface area (Å²) in [6.45, 7) is 2.17. The Bertz CT molecular complexity index is 465. The lowest BCUT2D eigenvalue weighted by Crippen LogP contribution is -1.92. The van der Waals surface area contributed by atoms with E-state index in [1.54, 1.807) is 7.11 Å². The average molecular weight is 201 g/mol. The Hall–Kier alpha value is -1.57. The maximum atomic E-state index is 5.38. The molecule has 0 aliphatic rings. The van der Waals surface area contributed by atoms with Crippen molar-refractivity contribution < 1.29 is 4.74 Å². The van der Waals surface area contributed by atoms with Crippen molar-refractivity contribution in [3.63, 3.8) is 0 Å². The van der Waals surface area contributed by atoms with Crippen LogP contribution in [-0.4, -0.2) is 12.1 Å². The maximum absolute atomic E-state index is 5.38. The van der Waals surface area contributed by atoms with Gasteiger partial charge in [-0.2, -0.15) is 0 Å². The summed E-state index contributed by atoms with van der Waals surface area (Å²) in [6, 6.07) is 8.19. The summed E-state index contributed by atoms with van der Waals surface area (Å²) in [5.41, 5.74) is 2.29. The minimum absolute atomic E-state index is 0.970. The van der Waals surface area contributed by atoms with Crippen molar-refractivity contribution in [2.24, 2.45) is 0 Å². The molecule has 1 aromatic heterocycles. The molecule has 2 rings (SSSR count). The average Bonchev–Trinajstić information content (AvgIpc) is 2.28. The number of aromatic nitrogens is 1. The Balaban J connectivity index is 2.58. The fraction of sp³-hybridized carbons (Fsp3) is 0.308. The predicted octanol–water partition coefficient (Wildman–Crippen LogP) is 3.20. The number of methoxy groups -OCH3 is 1. The Kier molecular flexibility index (Phi) is 2.86. The second-order valence-corrected chi connectivity index (χ2v) is 3.61. The van der Waals surface area contributed by atoms with E-state index in [9.17, 15) is 0 Å². The maximum Gasteiger partial charge on any atom is 0.122 e. The second-order valence-electron chi connectivity index (χ2n) is 3.61. The van der Waals surface area contributed by atoms with Gasteiger partial charge in [-0.3, -0.25) is 4.98 Å². The number of hydrogen-bond donors (Lipinski definition) is 0. The molecule has 0 saturated carbocycles. The lowest BCUT2D eigenvalue weighted by Gasteiger charge is -2.08. The van der Waals surface area contributed by atoms with Gasteiger partial charge in [-0.05, 0) is 30.2 Å². The van der Waals surface area contributed by atoms with Crippen molar-refractivity contribution in [2.45, 2.75) is 19.8 Å². The molecule has 1 heterocycles. The summed E-state index contributed by atoms with van der Waals surface area (Å²) in [7, 11) is 1.72. The third kappa shape index (κ3) is 1.94. The molecule has 0 atom stereocenters. The Morgan fingerprint density at radius 3 is 2.93 bits per heavy atom. The first-order chi connectivity index (χ1) is 7.35. The summed E-state index contributed by atoms with van der Waals surface area (Å²) in [5.74, 6) is 0.970. The number of fused-ring (bicyclic) bond motifs is 1. The molecule has 1 aromatic carbocycles. The molecular weight excluding hydrogens is 186 g/mol. The van der Waals surface area contributed by atoms with Crippen LogP contribution in [0.5, 0.6) is 5.75 Å². The Morgan fingerprint density at radius 1 is 1.33 bits per heavy atom. The van der Waals surface area contributed by atoms with Crippen LogP contribution in [0.2, 0.25) is 0 Å². The molecule has 0 bridgehead atoms. The molecule has 2 aromatic rings. The molecule has 0 aliphatic heterocycles. The summed E-state index contributed by atoms with van der Waals surface area (Å²) >= 11 is 0. The highest BCUT2D eigenvalue weighted by Gasteiger charge is 2.04. The lowest BCUT2D eigenvalue weighted by atomic mass is 10.1. The third-order valence-electron chi connectivity index (χ3n) is 2.52. The van der Waals surface area contributed by atoms with Crippen molar-refractivity contribution in [1.82, 2.24) is 4.98 Å². The highest BCUT2D eigenvalue weighted by atomic mass is 16.5. The van der Waals surface area contributed by atoms with Crippen LogP contribution in [0, 0.1) is 0 Å². The van der Waals surface area contributed by atoms with Crippen LogP contribution in [0.25, 0.3) is 10.9 Å². The van der Waals surface area contributed by atoms with Crippen molar-refractivity contribution in [3.8, 4) is 5.75 Å². The topological polar surface area (TPSA) is 22.1 Å². The van der Waals surface area contributed by atoms with E-state index >= 15 is 0 Å². The zero-order valence-electron chi connectivity index (χ0n) is 9.16. The molecule has 2 heteroatoms. The summed E-state index contributed by atoms with van der Waals surface area (Å²) in [5, 5.41) is 1.13. The third-order valence-corrected chi connectivity index (χ3v) is 2.52. The molecule has 78 valence electrons. The van der Waals surface area contributed by atoms with Gasteiger partial charge in [0.2, 0.25) is 0 Å². The molecule has 0 amide bonds. The van der Waals surface area contributed by atoms with Crippen molar-refractivity contribution in [1.29, 1.82) is 0 Å². The summed E-state index contributed by atoms with van der Waals surface area (Å²) in [4.78, 5) is 4.34. The fourth-order valence-corrected chi connectivity index (χ4v) is 1.80. The molecule has 0 aliphatic carbocycles. The minimum Gasteiger partial charge on any atom is -0.496 e. The van der Waals surface area contributed by atoms with E-state index in [1.807, 2.05) is 12.3 Å². The van der Waals surface area contributed by atoms with Gasteiger partial charge in [-0.15, -0.1) is 0 Å². The van der Waals surface area contributed by atoms with Gasteiger partial charge in [0.1, 0.15) is 5.75 Å². The largest absolute Gasteiger partial charge is 0.496 e. The van der Waals surface area contributed by atoms with Crippen molar-refractivity contribution in [2.75, 3.05) is 7.11 Å². The van der Waals surface area contributed by atoms with E-state index in [4.69, 9.17) is 4.74 Å². The van der Waals surface area contributed by atoms with Gasteiger partial charge < -0.3 is 4.74 Å². The van der Waals surface area contributed by atoms with Crippen LogP contribution in [0.3, 0.4) is 0 Å². The number of ether oxygens (including phenoxy) is 1. The van der Waals surface area contributed by atoms with Crippen LogP contribution >= 0.6 is 0 Å². The molecule has 0 radical (unpaired) electrons. The quantitative estimate of drug-likeness (QED) is 0.760. The van der Waals surface area contributed by atoms with E-state index in [-0.39, 0.29) is 0 Å². The van der Waals surface area contributed by atoms with Crippen LogP contribution in [0.4, 0.5) is 0 Å². The second kappa shape index (κ2) is 4.30. The van der Waals surface area contributed by atoms with Gasteiger partial charge >= 0.3 is 0 Å². The Morgan fingerprint density at radius 2 is 2.20 bits per heavy atom. The number of rotatable bonds is 3. The lowest BCUT2D eigenvalue weighted by molar-refractivity contribution is 0.410. The van der Waals surface area contributed by atoms with Gasteiger partial charge in [0.15, 0.2) is 0 Å². The van der Waals surface area contributed by atoms with Crippen molar-refractivity contribution >= 4 is 10.9 Å². The highest BCUT2D eigenvalue weighted by molar-refractivity contribution is 5.81. The number of nitrogens with zero attached hydrogens (tertiary/aromatic N) is 1. The first-order valence-corrected chi connectivity index (χ1v) is 5.26. The summed E-state index contributed by atoms with van der Waals surface area (Å²) in [6.07, 6.45) is 3.98. The standard InChI is InChI=1S/C13H15NO/c1-3-5-11-8-12-10(6-4-7-14-12)9-13(11)15-2/h4,6-9H,3,5H2,1-2H3. The van der Waals surface area contributed by atoms with Crippen LogP contribution in [0.15, 0.2) is 30.5 Å². The van der Waals surface area contributed by atoms with Crippen molar-refractivity contribution in [3.05, 3.63) is 36.0 Å². The van der Waals surface area contributed by atoms with E-state index in [1.165, 1.54) is 5.56 Å². The zero-order chi connectivity index (χ0) is 10.7. The smallest absolute Gasteiger partial charge is 0.122 e. The number of pyridine rings is 1. The van der Waals surface area contributed by atoms with Gasteiger partial charge in [0.25, 0.3) is 0 Å². The molecule has 0 fully saturated rings. The normalized spacial score (nSPS) is 10.5. The number of aryl methyl sites for hydroxylation is 1. The first kappa shape index (κ1) is 9.97.